The lowest BCUT2D eigenvalue weighted by molar-refractivity contribution is -0.129. The van der Waals surface area contributed by atoms with Gasteiger partial charge < -0.3 is 15.5 Å². The van der Waals surface area contributed by atoms with Crippen LogP contribution < -0.4 is 10.6 Å². The number of piperidine rings is 1. The first-order chi connectivity index (χ1) is 10.6. The molecule has 1 aliphatic heterocycles. The summed E-state index contributed by atoms with van der Waals surface area (Å²) < 4.78 is 0. The van der Waals surface area contributed by atoms with Gasteiger partial charge in [-0.25, -0.2) is 4.79 Å². The molecule has 2 aliphatic rings. The molecule has 124 valence electrons. The molecule has 2 rings (SSSR count). The fourth-order valence-corrected chi connectivity index (χ4v) is 3.26. The van der Waals surface area contributed by atoms with E-state index >= 15 is 0 Å². The van der Waals surface area contributed by atoms with Gasteiger partial charge in [-0.1, -0.05) is 19.8 Å². The molecule has 5 heteroatoms. The summed E-state index contributed by atoms with van der Waals surface area (Å²) in [6.07, 6.45) is 14.5. The number of hydrogen-bond acceptors (Lipinski definition) is 2. The molecule has 1 saturated carbocycles. The number of rotatable bonds is 2. The van der Waals surface area contributed by atoms with Gasteiger partial charge in [-0.15, -0.1) is 12.8 Å². The smallest absolute Gasteiger partial charge is 0.315 e. The molecule has 0 aromatic rings. The van der Waals surface area contributed by atoms with Crippen molar-refractivity contribution in [2.75, 3.05) is 13.1 Å². The lowest BCUT2D eigenvalue weighted by Gasteiger charge is -2.33. The molecule has 0 radical (unpaired) electrons. The van der Waals surface area contributed by atoms with Crippen LogP contribution in [0.25, 0.3) is 0 Å². The summed E-state index contributed by atoms with van der Waals surface area (Å²) >= 11 is 0. The topological polar surface area (TPSA) is 61.4 Å². The van der Waals surface area contributed by atoms with Gasteiger partial charge in [0.05, 0.1) is 0 Å². The van der Waals surface area contributed by atoms with Gasteiger partial charge in [0.25, 0.3) is 0 Å². The van der Waals surface area contributed by atoms with Crippen molar-refractivity contribution in [1.29, 1.82) is 0 Å². The van der Waals surface area contributed by atoms with Gasteiger partial charge in [-0.2, -0.15) is 0 Å². The van der Waals surface area contributed by atoms with Crippen molar-refractivity contribution >= 4 is 11.9 Å². The first kappa shape index (κ1) is 18.3. The van der Waals surface area contributed by atoms with E-state index in [4.69, 9.17) is 0 Å². The molecule has 0 aromatic heterocycles. The van der Waals surface area contributed by atoms with E-state index in [-0.39, 0.29) is 18.0 Å². The standard InChI is InChI=1S/C15H27N3O2.C2H2/c1-11-5-3-4-6-14(11)17-15(20)16-13-7-9-18(10-8-13)12(2)19;1-2/h11,13-14H,3-10H2,1-2H3,(H2,16,17,20);1-2H. The SMILES string of the molecule is C#C.CC(=O)N1CCC(NC(=O)NC2CCCCC2C)CC1. The summed E-state index contributed by atoms with van der Waals surface area (Å²) in [6.45, 7) is 5.32. The Labute approximate surface area is 134 Å². The molecule has 1 heterocycles. The third-order valence-electron chi connectivity index (χ3n) is 4.70. The van der Waals surface area contributed by atoms with E-state index in [0.717, 1.165) is 32.4 Å². The number of urea groups is 1. The lowest BCUT2D eigenvalue weighted by Crippen LogP contribution is -2.52. The van der Waals surface area contributed by atoms with Crippen LogP contribution in [0.15, 0.2) is 0 Å². The number of nitrogens with zero attached hydrogens (tertiary/aromatic N) is 1. The van der Waals surface area contributed by atoms with Crippen LogP contribution in [0.2, 0.25) is 0 Å². The van der Waals surface area contributed by atoms with Gasteiger partial charge in [-0.3, -0.25) is 4.79 Å². The molecule has 2 unspecified atom stereocenters. The van der Waals surface area contributed by atoms with Crippen LogP contribution in [0.3, 0.4) is 0 Å². The van der Waals surface area contributed by atoms with Crippen molar-refractivity contribution in [2.24, 2.45) is 5.92 Å². The van der Waals surface area contributed by atoms with Crippen LogP contribution in [0.5, 0.6) is 0 Å². The van der Waals surface area contributed by atoms with E-state index in [9.17, 15) is 9.59 Å². The molecule has 1 saturated heterocycles. The Balaban J connectivity index is 0.00000116. The average Bonchev–Trinajstić information content (AvgIpc) is 2.52. The van der Waals surface area contributed by atoms with E-state index < -0.39 is 0 Å². The van der Waals surface area contributed by atoms with Gasteiger partial charge >= 0.3 is 6.03 Å². The average molecular weight is 307 g/mol. The van der Waals surface area contributed by atoms with Gasteiger partial charge in [-0.05, 0) is 31.6 Å². The molecule has 2 atom stereocenters. The van der Waals surface area contributed by atoms with Crippen molar-refractivity contribution in [3.05, 3.63) is 0 Å². The first-order valence-corrected chi connectivity index (χ1v) is 8.22. The maximum atomic E-state index is 12.0. The fraction of sp³-hybridized carbons (Fsp3) is 0.765. The predicted molar refractivity (Wildman–Crippen MR) is 88.3 cm³/mol. The Bertz CT molecular complexity index is 387. The maximum absolute atomic E-state index is 12.0. The van der Waals surface area contributed by atoms with E-state index in [1.165, 1.54) is 19.3 Å². The van der Waals surface area contributed by atoms with Crippen LogP contribution in [-0.4, -0.2) is 42.0 Å². The molecule has 0 bridgehead atoms. The lowest BCUT2D eigenvalue weighted by atomic mass is 9.86. The number of likely N-dealkylation sites (tertiary alicyclic amines) is 1. The van der Waals surface area contributed by atoms with E-state index in [0.29, 0.717) is 12.0 Å². The van der Waals surface area contributed by atoms with Crippen LogP contribution in [0.1, 0.15) is 52.4 Å². The number of nitrogens with one attached hydrogen (secondary N) is 2. The van der Waals surface area contributed by atoms with Crippen LogP contribution in [0, 0.1) is 18.8 Å². The third kappa shape index (κ3) is 5.59. The summed E-state index contributed by atoms with van der Waals surface area (Å²) in [7, 11) is 0. The van der Waals surface area contributed by atoms with E-state index in [1.54, 1.807) is 6.92 Å². The first-order valence-electron chi connectivity index (χ1n) is 8.22. The zero-order valence-corrected chi connectivity index (χ0v) is 13.8. The second kappa shape index (κ2) is 9.34. The molecular formula is C17H29N3O2. The summed E-state index contributed by atoms with van der Waals surface area (Å²) in [4.78, 5) is 25.1. The number of carbonyl (C=O) groups is 2. The van der Waals surface area contributed by atoms with Crippen molar-refractivity contribution in [3.63, 3.8) is 0 Å². The van der Waals surface area contributed by atoms with Crippen molar-refractivity contribution in [2.45, 2.75) is 64.5 Å². The third-order valence-corrected chi connectivity index (χ3v) is 4.70. The number of terminal acetylenes is 1. The Morgan fingerprint density at radius 3 is 2.14 bits per heavy atom. The molecule has 5 nitrogen and oxygen atoms in total. The highest BCUT2D eigenvalue weighted by molar-refractivity contribution is 5.75. The van der Waals surface area contributed by atoms with Crippen LogP contribution in [-0.2, 0) is 4.79 Å². The largest absolute Gasteiger partial charge is 0.343 e. The van der Waals surface area contributed by atoms with Crippen LogP contribution in [0.4, 0.5) is 4.79 Å². The minimum absolute atomic E-state index is 0.0370. The monoisotopic (exact) mass is 307 g/mol. The van der Waals surface area contributed by atoms with Gasteiger partial charge in [0, 0.05) is 32.1 Å². The quantitative estimate of drug-likeness (QED) is 0.768. The molecule has 3 amide bonds. The summed E-state index contributed by atoms with van der Waals surface area (Å²) in [5.41, 5.74) is 0. The Hall–Kier alpha value is -1.70. The van der Waals surface area contributed by atoms with E-state index in [2.05, 4.69) is 30.4 Å². The molecule has 0 spiro atoms. The molecule has 2 N–H and O–H groups in total. The molecule has 1 aliphatic carbocycles. The van der Waals surface area contributed by atoms with Crippen LogP contribution >= 0.6 is 0 Å². The van der Waals surface area contributed by atoms with Gasteiger partial charge in [0.15, 0.2) is 0 Å². The van der Waals surface area contributed by atoms with Crippen molar-refractivity contribution < 1.29 is 9.59 Å². The fourth-order valence-electron chi connectivity index (χ4n) is 3.26. The van der Waals surface area contributed by atoms with Crippen molar-refractivity contribution in [1.82, 2.24) is 15.5 Å². The number of amides is 3. The van der Waals surface area contributed by atoms with Crippen molar-refractivity contribution in [3.8, 4) is 12.8 Å². The summed E-state index contributed by atoms with van der Waals surface area (Å²) in [5, 5.41) is 6.18. The second-order valence-corrected chi connectivity index (χ2v) is 6.27. The Morgan fingerprint density at radius 2 is 1.59 bits per heavy atom. The van der Waals surface area contributed by atoms with Gasteiger partial charge in [0.1, 0.15) is 0 Å². The van der Waals surface area contributed by atoms with Gasteiger partial charge in [0.2, 0.25) is 5.91 Å². The Morgan fingerprint density at radius 1 is 1.00 bits per heavy atom. The predicted octanol–water partition coefficient (Wildman–Crippen LogP) is 2.12. The number of carbonyl (C=O) groups excluding carboxylic acids is 2. The highest BCUT2D eigenvalue weighted by Gasteiger charge is 2.25. The summed E-state index contributed by atoms with van der Waals surface area (Å²) in [5.74, 6) is 0.706. The molecule has 2 fully saturated rings. The Kier molecular flexibility index (Phi) is 7.79. The highest BCUT2D eigenvalue weighted by Crippen LogP contribution is 2.23. The molecular weight excluding hydrogens is 278 g/mol. The second-order valence-electron chi connectivity index (χ2n) is 6.27. The number of hydrogen-bond donors (Lipinski definition) is 2. The normalized spacial score (nSPS) is 25.5. The minimum atomic E-state index is -0.0370. The molecule has 22 heavy (non-hydrogen) atoms. The minimum Gasteiger partial charge on any atom is -0.343 e. The zero-order chi connectivity index (χ0) is 16.5. The maximum Gasteiger partial charge on any atom is 0.315 e. The van der Waals surface area contributed by atoms with E-state index in [1.807, 2.05) is 4.90 Å². The summed E-state index contributed by atoms with van der Waals surface area (Å²) in [6, 6.07) is 0.482. The molecule has 0 aromatic carbocycles. The highest BCUT2D eigenvalue weighted by atomic mass is 16.2. The zero-order valence-electron chi connectivity index (χ0n) is 13.8.